The third-order valence-corrected chi connectivity index (χ3v) is 6.93. The number of nitrogens with zero attached hydrogens (tertiary/aromatic N) is 5. The number of hydrogen-bond acceptors (Lipinski definition) is 5. The number of aromatic nitrogens is 4. The van der Waals surface area contributed by atoms with Crippen LogP contribution in [-0.4, -0.2) is 56.7 Å². The van der Waals surface area contributed by atoms with Crippen LogP contribution in [0.25, 0.3) is 33.0 Å². The van der Waals surface area contributed by atoms with Gasteiger partial charge in [0, 0.05) is 53.5 Å². The van der Waals surface area contributed by atoms with Crippen molar-refractivity contribution in [1.82, 2.24) is 29.5 Å². The van der Waals surface area contributed by atoms with E-state index >= 15 is 0 Å². The molecule has 0 unspecified atom stereocenters. The quantitative estimate of drug-likeness (QED) is 0.324. The molecule has 0 atom stereocenters. The summed E-state index contributed by atoms with van der Waals surface area (Å²) in [6.07, 6.45) is 6.46. The number of hydrogen-bond donors (Lipinski definition) is 1. The second-order valence-corrected chi connectivity index (χ2v) is 9.83. The van der Waals surface area contributed by atoms with Gasteiger partial charge in [0.1, 0.15) is 5.69 Å². The van der Waals surface area contributed by atoms with E-state index in [1.165, 1.54) is 0 Å². The van der Waals surface area contributed by atoms with Crippen molar-refractivity contribution in [2.45, 2.75) is 19.5 Å². The monoisotopic (exact) mass is 504 g/mol. The fraction of sp³-hybridized carbons (Fsp3) is 0.200. The molecule has 1 N–H and O–H groups in total. The van der Waals surface area contributed by atoms with Gasteiger partial charge in [-0.1, -0.05) is 42.5 Å². The Labute approximate surface area is 220 Å². The molecule has 2 amide bonds. The molecule has 0 spiro atoms. The first-order valence-electron chi connectivity index (χ1n) is 12.7. The zero-order valence-corrected chi connectivity index (χ0v) is 21.4. The number of nitrogens with one attached hydrogen (secondary N) is 1. The van der Waals surface area contributed by atoms with Gasteiger partial charge in [-0.25, -0.2) is 0 Å². The second-order valence-electron chi connectivity index (χ2n) is 9.83. The van der Waals surface area contributed by atoms with Crippen molar-refractivity contribution in [2.24, 2.45) is 0 Å². The van der Waals surface area contributed by atoms with Gasteiger partial charge >= 0.3 is 0 Å². The van der Waals surface area contributed by atoms with Gasteiger partial charge in [0.05, 0.1) is 16.7 Å². The molecule has 6 rings (SSSR count). The molecule has 1 aliphatic rings. The lowest BCUT2D eigenvalue weighted by atomic mass is 9.97. The fourth-order valence-corrected chi connectivity index (χ4v) is 5.22. The third-order valence-electron chi connectivity index (χ3n) is 6.93. The highest BCUT2D eigenvalue weighted by molar-refractivity contribution is 6.50. The smallest absolute Gasteiger partial charge is 0.261 e. The molecule has 0 aliphatic carbocycles. The van der Waals surface area contributed by atoms with Crippen LogP contribution >= 0.6 is 0 Å². The van der Waals surface area contributed by atoms with Gasteiger partial charge in [-0.15, -0.1) is 0 Å². The molecule has 2 aromatic carbocycles. The Morgan fingerprint density at radius 1 is 0.868 bits per heavy atom. The van der Waals surface area contributed by atoms with Crippen molar-refractivity contribution in [3.8, 4) is 0 Å². The molecular formula is C30H28N6O2. The second kappa shape index (κ2) is 9.72. The Hall–Kier alpha value is -4.56. The predicted molar refractivity (Wildman–Crippen MR) is 148 cm³/mol. The number of rotatable bonds is 8. The zero-order valence-electron chi connectivity index (χ0n) is 21.4. The maximum absolute atomic E-state index is 13.3. The lowest BCUT2D eigenvalue weighted by Gasteiger charge is -2.09. The fourth-order valence-electron chi connectivity index (χ4n) is 5.22. The van der Waals surface area contributed by atoms with Crippen molar-refractivity contribution in [2.75, 3.05) is 20.6 Å². The normalized spacial score (nSPS) is 13.9. The third kappa shape index (κ3) is 4.18. The van der Waals surface area contributed by atoms with Crippen molar-refractivity contribution in [1.29, 1.82) is 0 Å². The standard InChI is InChI=1S/C30H28N6O2/c1-34(2)15-8-16-36-25-13-6-4-11-22(25)28(33-36)27-26(29(37)32-30(27)38)23-19-35(18-20-9-7-14-31-17-20)24-12-5-3-10-21(23)24/h3-7,9-14,17,19H,8,15-16,18H2,1-2H3,(H,32,37,38). The number of benzene rings is 2. The lowest BCUT2D eigenvalue weighted by molar-refractivity contribution is -0.122. The van der Waals surface area contributed by atoms with Crippen LogP contribution in [0.1, 0.15) is 23.2 Å². The Bertz CT molecular complexity index is 1710. The van der Waals surface area contributed by atoms with Crippen LogP contribution in [0.2, 0.25) is 0 Å². The van der Waals surface area contributed by atoms with E-state index in [2.05, 4.69) is 19.8 Å². The predicted octanol–water partition coefficient (Wildman–Crippen LogP) is 3.95. The first-order valence-corrected chi connectivity index (χ1v) is 12.7. The minimum atomic E-state index is -0.419. The molecule has 190 valence electrons. The van der Waals surface area contributed by atoms with Crippen molar-refractivity contribution in [3.63, 3.8) is 0 Å². The van der Waals surface area contributed by atoms with Crippen LogP contribution in [0.15, 0.2) is 79.3 Å². The van der Waals surface area contributed by atoms with E-state index in [9.17, 15) is 9.59 Å². The highest BCUT2D eigenvalue weighted by Crippen LogP contribution is 2.38. The van der Waals surface area contributed by atoms with E-state index in [1.54, 1.807) is 6.20 Å². The number of amides is 2. The highest BCUT2D eigenvalue weighted by Gasteiger charge is 2.36. The van der Waals surface area contributed by atoms with Gasteiger partial charge in [-0.3, -0.25) is 24.6 Å². The molecule has 0 bridgehead atoms. The Morgan fingerprint density at radius 3 is 2.37 bits per heavy atom. The van der Waals surface area contributed by atoms with Crippen molar-refractivity contribution < 1.29 is 9.59 Å². The number of para-hydroxylation sites is 2. The molecule has 4 heterocycles. The molecule has 1 aliphatic heterocycles. The average molecular weight is 505 g/mol. The first-order chi connectivity index (χ1) is 18.5. The summed E-state index contributed by atoms with van der Waals surface area (Å²) in [6.45, 7) is 2.23. The lowest BCUT2D eigenvalue weighted by Crippen LogP contribution is -2.22. The largest absolute Gasteiger partial charge is 0.342 e. The number of aryl methyl sites for hydroxylation is 1. The SMILES string of the molecule is CN(C)CCCn1nc(C2=C(c3cn(Cc4cccnc4)c4ccccc34)C(=O)NC2=O)c2ccccc21. The summed E-state index contributed by atoms with van der Waals surface area (Å²) in [7, 11) is 4.09. The molecule has 0 saturated carbocycles. The van der Waals surface area contributed by atoms with Crippen LogP contribution in [0, 0.1) is 0 Å². The number of pyridine rings is 1. The van der Waals surface area contributed by atoms with Crippen LogP contribution in [0.5, 0.6) is 0 Å². The minimum Gasteiger partial charge on any atom is -0.342 e. The Morgan fingerprint density at radius 2 is 1.61 bits per heavy atom. The summed E-state index contributed by atoms with van der Waals surface area (Å²) < 4.78 is 4.04. The van der Waals surface area contributed by atoms with Crippen molar-refractivity contribution >= 4 is 44.8 Å². The number of carbonyl (C=O) groups is 2. The molecule has 5 aromatic rings. The number of carbonyl (C=O) groups excluding carboxylic acids is 2. The number of fused-ring (bicyclic) bond motifs is 2. The van der Waals surface area contributed by atoms with Crippen LogP contribution in [0.4, 0.5) is 0 Å². The average Bonchev–Trinajstić information content (AvgIpc) is 3.55. The number of imide groups is 1. The molecule has 0 radical (unpaired) electrons. The van der Waals surface area contributed by atoms with E-state index in [1.807, 2.05) is 91.8 Å². The molecule has 3 aromatic heterocycles. The molecule has 38 heavy (non-hydrogen) atoms. The van der Waals surface area contributed by atoms with Crippen LogP contribution in [0.3, 0.4) is 0 Å². The molecule has 8 heteroatoms. The van der Waals surface area contributed by atoms with Gasteiger partial charge in [-0.05, 0) is 50.8 Å². The first kappa shape index (κ1) is 23.8. The summed E-state index contributed by atoms with van der Waals surface area (Å²) >= 11 is 0. The minimum absolute atomic E-state index is 0.321. The van der Waals surface area contributed by atoms with Gasteiger partial charge in [0.15, 0.2) is 0 Å². The summed E-state index contributed by atoms with van der Waals surface area (Å²) in [4.78, 5) is 33.0. The molecule has 8 nitrogen and oxygen atoms in total. The Balaban J connectivity index is 1.52. The van der Waals surface area contributed by atoms with E-state index in [0.717, 1.165) is 40.3 Å². The van der Waals surface area contributed by atoms with Gasteiger partial charge in [0.25, 0.3) is 11.8 Å². The van der Waals surface area contributed by atoms with E-state index < -0.39 is 11.8 Å². The highest BCUT2D eigenvalue weighted by atomic mass is 16.2. The van der Waals surface area contributed by atoms with E-state index in [-0.39, 0.29) is 0 Å². The Kier molecular flexibility index (Phi) is 6.09. The topological polar surface area (TPSA) is 85.1 Å². The molecule has 0 fully saturated rings. The summed E-state index contributed by atoms with van der Waals surface area (Å²) in [5.74, 6) is -0.821. The summed E-state index contributed by atoms with van der Waals surface area (Å²) in [6, 6.07) is 19.8. The summed E-state index contributed by atoms with van der Waals surface area (Å²) in [5, 5.41) is 9.20. The van der Waals surface area contributed by atoms with E-state index in [0.29, 0.717) is 35.5 Å². The molecular weight excluding hydrogens is 476 g/mol. The molecule has 0 saturated heterocycles. The van der Waals surface area contributed by atoms with Gasteiger partial charge < -0.3 is 9.47 Å². The van der Waals surface area contributed by atoms with E-state index in [4.69, 9.17) is 5.10 Å². The van der Waals surface area contributed by atoms with Crippen LogP contribution < -0.4 is 5.32 Å². The summed E-state index contributed by atoms with van der Waals surface area (Å²) in [5.41, 5.74) is 4.90. The zero-order chi connectivity index (χ0) is 26.2. The van der Waals surface area contributed by atoms with Gasteiger partial charge in [-0.2, -0.15) is 5.10 Å². The maximum Gasteiger partial charge on any atom is 0.261 e. The maximum atomic E-state index is 13.3. The van der Waals surface area contributed by atoms with Crippen molar-refractivity contribution in [3.05, 3.63) is 96.1 Å². The van der Waals surface area contributed by atoms with Gasteiger partial charge in [0.2, 0.25) is 0 Å². The van der Waals surface area contributed by atoms with Crippen LogP contribution in [-0.2, 0) is 22.7 Å².